The molecule has 1 unspecified atom stereocenters. The quantitative estimate of drug-likeness (QED) is 0.566. The van der Waals surface area contributed by atoms with E-state index in [1.807, 2.05) is 25.2 Å². The fourth-order valence-electron chi connectivity index (χ4n) is 3.29. The number of benzene rings is 1. The predicted octanol–water partition coefficient (Wildman–Crippen LogP) is 2.13. The Labute approximate surface area is 146 Å². The van der Waals surface area contributed by atoms with Gasteiger partial charge in [0, 0.05) is 26.7 Å². The minimum atomic E-state index is 0.726. The number of likely N-dealkylation sites (tertiary alicyclic amines) is 1. The minimum absolute atomic E-state index is 0.726. The van der Waals surface area contributed by atoms with Gasteiger partial charge in [-0.15, -0.1) is 0 Å². The highest BCUT2D eigenvalue weighted by molar-refractivity contribution is 5.79. The van der Waals surface area contributed by atoms with Gasteiger partial charge in [-0.3, -0.25) is 4.99 Å². The second-order valence-corrected chi connectivity index (χ2v) is 6.40. The molecule has 0 spiro atoms. The van der Waals surface area contributed by atoms with E-state index in [9.17, 15) is 0 Å². The van der Waals surface area contributed by atoms with Crippen LogP contribution in [0.1, 0.15) is 25.3 Å². The number of rotatable bonds is 8. The molecule has 1 saturated heterocycles. The molecule has 1 aliphatic rings. The molecule has 0 amide bonds. The summed E-state index contributed by atoms with van der Waals surface area (Å²) in [6.07, 6.45) is 3.44. The van der Waals surface area contributed by atoms with Crippen LogP contribution in [0.15, 0.2) is 29.3 Å². The van der Waals surface area contributed by atoms with Crippen LogP contribution in [-0.2, 0) is 6.42 Å². The lowest BCUT2D eigenvalue weighted by Crippen LogP contribution is -2.41. The first-order valence-electron chi connectivity index (χ1n) is 9.05. The van der Waals surface area contributed by atoms with Crippen LogP contribution in [0, 0.1) is 5.92 Å². The van der Waals surface area contributed by atoms with Crippen LogP contribution in [0.2, 0.25) is 0 Å². The summed E-state index contributed by atoms with van der Waals surface area (Å²) in [4.78, 5) is 6.89. The highest BCUT2D eigenvalue weighted by Gasteiger charge is 2.21. The Hall–Kier alpha value is -1.75. The van der Waals surface area contributed by atoms with E-state index in [1.165, 1.54) is 38.0 Å². The summed E-state index contributed by atoms with van der Waals surface area (Å²) in [5, 5.41) is 6.87. The molecule has 1 aliphatic heterocycles. The van der Waals surface area contributed by atoms with Crippen LogP contribution in [0.5, 0.6) is 5.75 Å². The molecular weight excluding hydrogens is 300 g/mol. The summed E-state index contributed by atoms with van der Waals surface area (Å²) in [7, 11) is 3.55. The largest absolute Gasteiger partial charge is 0.496 e. The molecule has 1 aromatic rings. The van der Waals surface area contributed by atoms with E-state index in [2.05, 4.69) is 33.5 Å². The standard InChI is InChI=1S/C19H32N4O/c1-4-12-23-13-10-16(15-23)14-22-19(20-2)21-11-9-17-7-5-6-8-18(17)24-3/h5-8,16H,4,9-15H2,1-3H3,(H2,20,21,22). The van der Waals surface area contributed by atoms with E-state index in [-0.39, 0.29) is 0 Å². The lowest BCUT2D eigenvalue weighted by Gasteiger charge is -2.17. The molecule has 1 fully saturated rings. The van der Waals surface area contributed by atoms with Gasteiger partial charge in [0.15, 0.2) is 5.96 Å². The normalized spacial score (nSPS) is 18.6. The lowest BCUT2D eigenvalue weighted by atomic mass is 10.1. The van der Waals surface area contributed by atoms with Gasteiger partial charge < -0.3 is 20.3 Å². The van der Waals surface area contributed by atoms with Gasteiger partial charge >= 0.3 is 0 Å². The van der Waals surface area contributed by atoms with Gasteiger partial charge in [-0.2, -0.15) is 0 Å². The Morgan fingerprint density at radius 1 is 1.33 bits per heavy atom. The minimum Gasteiger partial charge on any atom is -0.496 e. The van der Waals surface area contributed by atoms with Crippen LogP contribution < -0.4 is 15.4 Å². The summed E-state index contributed by atoms with van der Waals surface area (Å²) in [5.74, 6) is 2.56. The van der Waals surface area contributed by atoms with Gasteiger partial charge in [0.1, 0.15) is 5.75 Å². The van der Waals surface area contributed by atoms with Crippen LogP contribution >= 0.6 is 0 Å². The maximum absolute atomic E-state index is 5.40. The van der Waals surface area contributed by atoms with Crippen molar-refractivity contribution < 1.29 is 4.74 Å². The smallest absolute Gasteiger partial charge is 0.190 e. The molecule has 0 saturated carbocycles. The van der Waals surface area contributed by atoms with Gasteiger partial charge in [-0.05, 0) is 49.9 Å². The third-order valence-electron chi connectivity index (χ3n) is 4.57. The van der Waals surface area contributed by atoms with Gasteiger partial charge in [0.05, 0.1) is 7.11 Å². The molecular formula is C19H32N4O. The molecule has 2 rings (SSSR count). The molecule has 1 heterocycles. The van der Waals surface area contributed by atoms with Crippen molar-refractivity contribution in [2.45, 2.75) is 26.2 Å². The van der Waals surface area contributed by atoms with Crippen LogP contribution in [0.3, 0.4) is 0 Å². The van der Waals surface area contributed by atoms with E-state index < -0.39 is 0 Å². The zero-order valence-electron chi connectivity index (χ0n) is 15.3. The van der Waals surface area contributed by atoms with E-state index in [0.29, 0.717) is 0 Å². The molecule has 24 heavy (non-hydrogen) atoms. The number of ether oxygens (including phenoxy) is 1. The third kappa shape index (κ3) is 5.71. The number of nitrogens with zero attached hydrogens (tertiary/aromatic N) is 2. The second-order valence-electron chi connectivity index (χ2n) is 6.40. The fourth-order valence-corrected chi connectivity index (χ4v) is 3.29. The second kappa shape index (κ2) is 10.2. The van der Waals surface area contributed by atoms with Crippen LogP contribution in [0.25, 0.3) is 0 Å². The molecule has 1 atom stereocenters. The zero-order valence-corrected chi connectivity index (χ0v) is 15.3. The molecule has 0 aromatic heterocycles. The summed E-state index contributed by atoms with van der Waals surface area (Å²) < 4.78 is 5.40. The number of para-hydroxylation sites is 1. The van der Waals surface area contributed by atoms with Gasteiger partial charge in [-0.25, -0.2) is 0 Å². The van der Waals surface area contributed by atoms with Crippen LogP contribution in [-0.4, -0.2) is 57.7 Å². The molecule has 0 bridgehead atoms. The third-order valence-corrected chi connectivity index (χ3v) is 4.57. The van der Waals surface area contributed by atoms with Gasteiger partial charge in [-0.1, -0.05) is 25.1 Å². The Kier molecular flexibility index (Phi) is 7.89. The molecule has 2 N–H and O–H groups in total. The number of methoxy groups -OCH3 is 1. The fraction of sp³-hybridized carbons (Fsp3) is 0.632. The van der Waals surface area contributed by atoms with Crippen molar-refractivity contribution >= 4 is 5.96 Å². The number of nitrogens with one attached hydrogen (secondary N) is 2. The molecule has 1 aromatic carbocycles. The Morgan fingerprint density at radius 2 is 2.17 bits per heavy atom. The highest BCUT2D eigenvalue weighted by atomic mass is 16.5. The maximum atomic E-state index is 5.40. The number of guanidine groups is 1. The van der Waals surface area contributed by atoms with Gasteiger partial charge in [0.25, 0.3) is 0 Å². The molecule has 134 valence electrons. The molecule has 0 radical (unpaired) electrons. The Morgan fingerprint density at radius 3 is 2.92 bits per heavy atom. The van der Waals surface area contributed by atoms with E-state index in [4.69, 9.17) is 4.74 Å². The lowest BCUT2D eigenvalue weighted by molar-refractivity contribution is 0.324. The van der Waals surface area contributed by atoms with Crippen molar-refractivity contribution in [3.05, 3.63) is 29.8 Å². The molecule has 5 nitrogen and oxygen atoms in total. The average molecular weight is 332 g/mol. The Bertz CT molecular complexity index is 518. The predicted molar refractivity (Wildman–Crippen MR) is 101 cm³/mol. The molecule has 5 heteroatoms. The number of hydrogen-bond donors (Lipinski definition) is 2. The van der Waals surface area contributed by atoms with E-state index in [0.717, 1.165) is 37.1 Å². The van der Waals surface area contributed by atoms with Crippen molar-refractivity contribution in [3.63, 3.8) is 0 Å². The topological polar surface area (TPSA) is 48.9 Å². The summed E-state index contributed by atoms with van der Waals surface area (Å²) in [6, 6.07) is 8.16. The highest BCUT2D eigenvalue weighted by Crippen LogP contribution is 2.17. The van der Waals surface area contributed by atoms with E-state index in [1.54, 1.807) is 7.11 Å². The first kappa shape index (κ1) is 18.6. The van der Waals surface area contributed by atoms with Crippen molar-refractivity contribution in [2.24, 2.45) is 10.9 Å². The van der Waals surface area contributed by atoms with Crippen molar-refractivity contribution in [1.82, 2.24) is 15.5 Å². The average Bonchev–Trinajstić information content (AvgIpc) is 3.06. The monoisotopic (exact) mass is 332 g/mol. The first-order chi connectivity index (χ1) is 11.8. The van der Waals surface area contributed by atoms with Crippen molar-refractivity contribution in [1.29, 1.82) is 0 Å². The molecule has 0 aliphatic carbocycles. The zero-order chi connectivity index (χ0) is 17.2. The van der Waals surface area contributed by atoms with Crippen molar-refractivity contribution in [3.8, 4) is 5.75 Å². The van der Waals surface area contributed by atoms with Crippen molar-refractivity contribution in [2.75, 3.05) is 46.9 Å². The summed E-state index contributed by atoms with van der Waals surface area (Å²) in [6.45, 7) is 7.75. The van der Waals surface area contributed by atoms with Gasteiger partial charge in [0.2, 0.25) is 0 Å². The van der Waals surface area contributed by atoms with E-state index >= 15 is 0 Å². The number of hydrogen-bond acceptors (Lipinski definition) is 3. The Balaban J connectivity index is 1.69. The number of aliphatic imine (C=N–C) groups is 1. The summed E-state index contributed by atoms with van der Waals surface area (Å²) >= 11 is 0. The van der Waals surface area contributed by atoms with Crippen LogP contribution in [0.4, 0.5) is 0 Å². The first-order valence-corrected chi connectivity index (χ1v) is 9.05. The maximum Gasteiger partial charge on any atom is 0.190 e. The summed E-state index contributed by atoms with van der Waals surface area (Å²) in [5.41, 5.74) is 1.22. The SMILES string of the molecule is CCCN1CCC(CNC(=NC)NCCc2ccccc2OC)C1.